The van der Waals surface area contributed by atoms with Gasteiger partial charge in [0.15, 0.2) is 0 Å². The Bertz CT molecular complexity index is 500. The Balaban J connectivity index is 0.000000892. The summed E-state index contributed by atoms with van der Waals surface area (Å²) in [4.78, 5) is 39.5. The number of likely N-dealkylation sites (tertiary alicyclic amines) is 1. The molecule has 0 aromatic rings. The SMILES string of the molecule is CC(C)CC1NCCN(CC(=O)N2CCC(CC(N)=O)CC2)C1=O.CCCC. The van der Waals surface area contributed by atoms with Gasteiger partial charge in [0.05, 0.1) is 12.6 Å². The number of unbranched alkanes of at least 4 members (excludes halogenated alkanes) is 1. The second-order valence-corrected chi connectivity index (χ2v) is 8.39. The van der Waals surface area contributed by atoms with Crippen LogP contribution in [0, 0.1) is 11.8 Å². The van der Waals surface area contributed by atoms with Crippen molar-refractivity contribution in [2.75, 3.05) is 32.7 Å². The van der Waals surface area contributed by atoms with E-state index in [1.807, 2.05) is 4.90 Å². The van der Waals surface area contributed by atoms with Gasteiger partial charge in [-0.1, -0.05) is 40.5 Å². The topological polar surface area (TPSA) is 95.7 Å². The van der Waals surface area contributed by atoms with Crippen LogP contribution in [0.1, 0.15) is 66.2 Å². The highest BCUT2D eigenvalue weighted by molar-refractivity contribution is 5.88. The monoisotopic (exact) mass is 396 g/mol. The lowest BCUT2D eigenvalue weighted by Gasteiger charge is -2.36. The van der Waals surface area contributed by atoms with Crippen molar-refractivity contribution in [3.8, 4) is 0 Å². The van der Waals surface area contributed by atoms with Crippen LogP contribution in [0.3, 0.4) is 0 Å². The molecule has 2 heterocycles. The number of carbonyl (C=O) groups excluding carboxylic acids is 3. The molecule has 0 radical (unpaired) electrons. The minimum absolute atomic E-state index is 0.00562. The van der Waals surface area contributed by atoms with Crippen LogP contribution in [0.2, 0.25) is 0 Å². The van der Waals surface area contributed by atoms with Gasteiger partial charge in [0, 0.05) is 32.6 Å². The summed E-state index contributed by atoms with van der Waals surface area (Å²) in [5.74, 6) is 0.481. The normalized spacial score (nSPS) is 20.8. The summed E-state index contributed by atoms with van der Waals surface area (Å²) in [5.41, 5.74) is 5.23. The van der Waals surface area contributed by atoms with Crippen molar-refractivity contribution >= 4 is 17.7 Å². The van der Waals surface area contributed by atoms with Crippen molar-refractivity contribution in [3.63, 3.8) is 0 Å². The fraction of sp³-hybridized carbons (Fsp3) is 0.857. The van der Waals surface area contributed by atoms with E-state index in [0.29, 0.717) is 32.0 Å². The minimum atomic E-state index is -0.276. The molecule has 0 spiro atoms. The number of nitrogens with one attached hydrogen (secondary N) is 1. The molecule has 1 unspecified atom stereocenters. The average Bonchev–Trinajstić information content (AvgIpc) is 2.65. The molecule has 0 aromatic carbocycles. The molecule has 162 valence electrons. The van der Waals surface area contributed by atoms with Gasteiger partial charge in [-0.3, -0.25) is 14.4 Å². The predicted octanol–water partition coefficient (Wildman–Crippen LogP) is 1.75. The van der Waals surface area contributed by atoms with Gasteiger partial charge in [0.1, 0.15) is 0 Å². The van der Waals surface area contributed by atoms with Crippen molar-refractivity contribution in [2.24, 2.45) is 17.6 Å². The van der Waals surface area contributed by atoms with Crippen LogP contribution in [0.25, 0.3) is 0 Å². The summed E-state index contributed by atoms with van der Waals surface area (Å²) in [6.07, 6.45) is 5.44. The van der Waals surface area contributed by atoms with Gasteiger partial charge in [0.25, 0.3) is 0 Å². The predicted molar refractivity (Wildman–Crippen MR) is 112 cm³/mol. The highest BCUT2D eigenvalue weighted by atomic mass is 16.2. The third-order valence-corrected chi connectivity index (χ3v) is 5.37. The summed E-state index contributed by atoms with van der Waals surface area (Å²) >= 11 is 0. The summed E-state index contributed by atoms with van der Waals surface area (Å²) in [7, 11) is 0. The number of hydrogen-bond donors (Lipinski definition) is 2. The maximum absolute atomic E-state index is 12.5. The molecule has 28 heavy (non-hydrogen) atoms. The number of piperidine rings is 1. The van der Waals surface area contributed by atoms with Crippen molar-refractivity contribution in [2.45, 2.75) is 72.3 Å². The lowest BCUT2D eigenvalue weighted by atomic mass is 9.93. The molecule has 2 aliphatic rings. The van der Waals surface area contributed by atoms with Gasteiger partial charge in [-0.2, -0.15) is 0 Å². The van der Waals surface area contributed by atoms with Gasteiger partial charge in [-0.05, 0) is 31.1 Å². The standard InChI is InChI=1S/C17H30N4O3.C4H10/c1-12(2)9-14-17(24)21(8-5-19-14)11-16(23)20-6-3-13(4-7-20)10-15(18)22;1-3-4-2/h12-14,19H,3-11H2,1-2H3,(H2,18,22);3-4H2,1-2H3. The van der Waals surface area contributed by atoms with Crippen LogP contribution < -0.4 is 11.1 Å². The molecule has 7 heteroatoms. The maximum atomic E-state index is 12.5. The van der Waals surface area contributed by atoms with Crippen molar-refractivity contribution in [1.29, 1.82) is 0 Å². The molecule has 1 atom stereocenters. The second-order valence-electron chi connectivity index (χ2n) is 8.39. The molecule has 2 rings (SSSR count). The van der Waals surface area contributed by atoms with E-state index in [2.05, 4.69) is 33.0 Å². The number of nitrogens with zero attached hydrogens (tertiary/aromatic N) is 2. The lowest BCUT2D eigenvalue weighted by Crippen LogP contribution is -2.57. The first-order valence-electron chi connectivity index (χ1n) is 10.9. The number of hydrogen-bond acceptors (Lipinski definition) is 4. The molecule has 3 N–H and O–H groups in total. The van der Waals surface area contributed by atoms with Gasteiger partial charge >= 0.3 is 0 Å². The summed E-state index contributed by atoms with van der Waals surface area (Å²) in [6.45, 7) is 11.3. The minimum Gasteiger partial charge on any atom is -0.370 e. The Labute approximate surface area is 170 Å². The number of primary amides is 1. The Morgan fingerprint density at radius 1 is 1.14 bits per heavy atom. The summed E-state index contributed by atoms with van der Waals surface area (Å²) in [5, 5.41) is 3.25. The molecule has 2 aliphatic heterocycles. The first-order chi connectivity index (χ1) is 13.3. The van der Waals surface area contributed by atoms with E-state index >= 15 is 0 Å². The largest absolute Gasteiger partial charge is 0.370 e. The third-order valence-electron chi connectivity index (χ3n) is 5.37. The number of amides is 3. The molecular formula is C21H40N4O3. The average molecular weight is 397 g/mol. The number of nitrogens with two attached hydrogens (primary N) is 1. The van der Waals surface area contributed by atoms with Crippen LogP contribution in [-0.2, 0) is 14.4 Å². The molecule has 2 fully saturated rings. The fourth-order valence-electron chi connectivity index (χ4n) is 3.54. The van der Waals surface area contributed by atoms with E-state index in [0.717, 1.165) is 25.8 Å². The van der Waals surface area contributed by atoms with Gasteiger partial charge in [-0.25, -0.2) is 0 Å². The fourth-order valence-corrected chi connectivity index (χ4v) is 3.54. The molecule has 0 aromatic heterocycles. The molecule has 0 saturated carbocycles. The van der Waals surface area contributed by atoms with Crippen LogP contribution in [-0.4, -0.2) is 66.3 Å². The zero-order valence-corrected chi connectivity index (χ0v) is 18.2. The molecule has 2 saturated heterocycles. The van der Waals surface area contributed by atoms with Crippen LogP contribution in [0.15, 0.2) is 0 Å². The summed E-state index contributed by atoms with van der Waals surface area (Å²) < 4.78 is 0. The van der Waals surface area contributed by atoms with Crippen LogP contribution in [0.5, 0.6) is 0 Å². The molecule has 7 nitrogen and oxygen atoms in total. The van der Waals surface area contributed by atoms with Gasteiger partial charge < -0.3 is 20.9 Å². The van der Waals surface area contributed by atoms with Crippen molar-refractivity contribution in [3.05, 3.63) is 0 Å². The second kappa shape index (κ2) is 12.8. The Morgan fingerprint density at radius 2 is 1.75 bits per heavy atom. The molecule has 3 amide bonds. The van der Waals surface area contributed by atoms with E-state index < -0.39 is 0 Å². The van der Waals surface area contributed by atoms with E-state index in [9.17, 15) is 14.4 Å². The van der Waals surface area contributed by atoms with Gasteiger partial charge in [-0.15, -0.1) is 0 Å². The van der Waals surface area contributed by atoms with E-state index in [1.54, 1.807) is 4.90 Å². The number of carbonyl (C=O) groups is 3. The van der Waals surface area contributed by atoms with Gasteiger partial charge in [0.2, 0.25) is 17.7 Å². The molecule has 0 bridgehead atoms. The van der Waals surface area contributed by atoms with Crippen molar-refractivity contribution < 1.29 is 14.4 Å². The summed E-state index contributed by atoms with van der Waals surface area (Å²) in [6, 6.07) is -0.173. The maximum Gasteiger partial charge on any atom is 0.242 e. The Hall–Kier alpha value is -1.63. The third kappa shape index (κ3) is 8.59. The Kier molecular flexibility index (Phi) is 11.1. The quantitative estimate of drug-likeness (QED) is 0.685. The van der Waals surface area contributed by atoms with E-state index in [4.69, 9.17) is 5.73 Å². The highest BCUT2D eigenvalue weighted by Gasteiger charge is 2.31. The van der Waals surface area contributed by atoms with Crippen LogP contribution >= 0.6 is 0 Å². The zero-order chi connectivity index (χ0) is 21.1. The lowest BCUT2D eigenvalue weighted by molar-refractivity contribution is -0.144. The zero-order valence-electron chi connectivity index (χ0n) is 18.2. The van der Waals surface area contributed by atoms with Crippen molar-refractivity contribution in [1.82, 2.24) is 15.1 Å². The Morgan fingerprint density at radius 3 is 2.25 bits per heavy atom. The first kappa shape index (κ1) is 24.4. The van der Waals surface area contributed by atoms with E-state index in [-0.39, 0.29) is 36.2 Å². The number of piperazine rings is 1. The highest BCUT2D eigenvalue weighted by Crippen LogP contribution is 2.20. The van der Waals surface area contributed by atoms with E-state index in [1.165, 1.54) is 12.8 Å². The smallest absolute Gasteiger partial charge is 0.242 e. The van der Waals surface area contributed by atoms with Crippen LogP contribution in [0.4, 0.5) is 0 Å². The first-order valence-corrected chi connectivity index (χ1v) is 10.9. The number of rotatable bonds is 7. The molecule has 0 aliphatic carbocycles. The molecular weight excluding hydrogens is 356 g/mol.